The number of fused-ring (bicyclic) bond motifs is 1. The van der Waals surface area contributed by atoms with Crippen LogP contribution in [0.2, 0.25) is 0 Å². The lowest BCUT2D eigenvalue weighted by molar-refractivity contribution is 0.102. The Morgan fingerprint density at radius 2 is 1.62 bits per heavy atom. The number of carbonyl (C=O) groups is 1. The number of carbonyl (C=O) groups excluding carboxylic acids is 1. The maximum atomic E-state index is 13.3. The van der Waals surface area contributed by atoms with Crippen molar-refractivity contribution in [1.29, 1.82) is 0 Å². The molecule has 4 aromatic rings. The van der Waals surface area contributed by atoms with Crippen molar-refractivity contribution in [2.24, 2.45) is 0 Å². The molecule has 1 amide bonds. The molecule has 0 radical (unpaired) electrons. The van der Waals surface area contributed by atoms with E-state index in [0.29, 0.717) is 23.1 Å². The Bertz CT molecular complexity index is 1180. The van der Waals surface area contributed by atoms with Crippen LogP contribution in [0.1, 0.15) is 66.7 Å². The lowest BCUT2D eigenvalue weighted by Crippen LogP contribution is -2.17. The molecule has 0 aliphatic carbocycles. The lowest BCUT2D eigenvalue weighted by Gasteiger charge is -2.20. The number of ether oxygens (including phenoxy) is 1. The molecule has 2 aromatic carbocycles. The molecule has 0 saturated heterocycles. The van der Waals surface area contributed by atoms with Gasteiger partial charge in [0.05, 0.1) is 11.3 Å². The van der Waals surface area contributed by atoms with Crippen LogP contribution in [0.15, 0.2) is 73.1 Å². The van der Waals surface area contributed by atoms with Gasteiger partial charge in [0.1, 0.15) is 18.0 Å². The third-order valence-electron chi connectivity index (χ3n) is 5.53. The maximum Gasteiger partial charge on any atom is 0.259 e. The Morgan fingerprint density at radius 3 is 2.31 bits per heavy atom. The molecule has 0 aliphatic heterocycles. The molecular formula is C27H29N3O2. The first-order valence-electron chi connectivity index (χ1n) is 11.0. The number of para-hydroxylation sites is 2. The van der Waals surface area contributed by atoms with Crippen molar-refractivity contribution in [3.05, 3.63) is 95.4 Å². The number of rotatable bonds is 7. The van der Waals surface area contributed by atoms with Crippen LogP contribution in [0.25, 0.3) is 5.65 Å². The topological polar surface area (TPSA) is 55.6 Å². The van der Waals surface area contributed by atoms with Crippen LogP contribution in [0, 0.1) is 0 Å². The van der Waals surface area contributed by atoms with Gasteiger partial charge in [0.15, 0.2) is 0 Å². The number of pyridine rings is 1. The van der Waals surface area contributed by atoms with Crippen LogP contribution in [-0.2, 0) is 6.61 Å². The van der Waals surface area contributed by atoms with Gasteiger partial charge in [0.2, 0.25) is 0 Å². The van der Waals surface area contributed by atoms with E-state index in [-0.39, 0.29) is 12.5 Å². The van der Waals surface area contributed by atoms with Gasteiger partial charge in [-0.05, 0) is 47.2 Å². The van der Waals surface area contributed by atoms with Crippen molar-refractivity contribution >= 4 is 17.2 Å². The monoisotopic (exact) mass is 427 g/mol. The molecule has 0 aliphatic rings. The van der Waals surface area contributed by atoms with Gasteiger partial charge in [-0.15, -0.1) is 0 Å². The van der Waals surface area contributed by atoms with E-state index in [9.17, 15) is 4.79 Å². The fourth-order valence-corrected chi connectivity index (χ4v) is 3.86. The predicted molar refractivity (Wildman–Crippen MR) is 129 cm³/mol. The number of hydrogen-bond donors (Lipinski definition) is 1. The van der Waals surface area contributed by atoms with E-state index < -0.39 is 0 Å². The van der Waals surface area contributed by atoms with Crippen molar-refractivity contribution in [1.82, 2.24) is 9.38 Å². The number of nitrogens with zero attached hydrogens (tertiary/aromatic N) is 2. The third-order valence-corrected chi connectivity index (χ3v) is 5.53. The average Bonchev–Trinajstić information content (AvgIpc) is 3.20. The summed E-state index contributed by atoms with van der Waals surface area (Å²) in [6.45, 7) is 8.84. The van der Waals surface area contributed by atoms with Crippen molar-refractivity contribution in [2.75, 3.05) is 5.32 Å². The summed E-state index contributed by atoms with van der Waals surface area (Å²) >= 11 is 0. The highest BCUT2D eigenvalue weighted by Crippen LogP contribution is 2.33. The van der Waals surface area contributed by atoms with E-state index in [1.54, 1.807) is 6.07 Å². The molecule has 164 valence electrons. The van der Waals surface area contributed by atoms with Crippen molar-refractivity contribution < 1.29 is 9.53 Å². The second-order valence-electron chi connectivity index (χ2n) is 8.56. The van der Waals surface area contributed by atoms with E-state index in [0.717, 1.165) is 28.2 Å². The first-order chi connectivity index (χ1) is 15.4. The minimum absolute atomic E-state index is 0.175. The minimum atomic E-state index is -0.175. The zero-order chi connectivity index (χ0) is 22.7. The van der Waals surface area contributed by atoms with Crippen molar-refractivity contribution in [2.45, 2.75) is 46.1 Å². The van der Waals surface area contributed by atoms with Crippen LogP contribution in [0.5, 0.6) is 5.75 Å². The van der Waals surface area contributed by atoms with Gasteiger partial charge in [0.25, 0.3) is 5.91 Å². The molecule has 1 N–H and O–H groups in total. The SMILES string of the molecule is CC(C)c1cccc(C(C)C)c1NC(=O)c1ccccc1OCc1cn2ccccc2n1. The van der Waals surface area contributed by atoms with Crippen LogP contribution < -0.4 is 10.1 Å². The van der Waals surface area contributed by atoms with E-state index in [1.165, 1.54) is 0 Å². The number of nitrogens with one attached hydrogen (secondary N) is 1. The van der Waals surface area contributed by atoms with E-state index in [4.69, 9.17) is 4.74 Å². The molecule has 0 bridgehead atoms. The Morgan fingerprint density at radius 1 is 0.938 bits per heavy atom. The summed E-state index contributed by atoms with van der Waals surface area (Å²) < 4.78 is 7.98. The van der Waals surface area contributed by atoms with Crippen LogP contribution in [0.3, 0.4) is 0 Å². The largest absolute Gasteiger partial charge is 0.486 e. The summed E-state index contributed by atoms with van der Waals surface area (Å²) in [7, 11) is 0. The first-order valence-corrected chi connectivity index (χ1v) is 11.0. The summed E-state index contributed by atoms with van der Waals surface area (Å²) in [5, 5.41) is 3.18. The molecule has 5 heteroatoms. The standard InChI is InChI=1S/C27H29N3O2/c1-18(2)21-11-9-12-22(19(3)4)26(21)29-27(31)23-10-5-6-13-24(23)32-17-20-16-30-15-8-7-14-25(30)28-20/h5-16,18-19H,17H2,1-4H3,(H,29,31). The highest BCUT2D eigenvalue weighted by atomic mass is 16.5. The van der Waals surface area contributed by atoms with Crippen LogP contribution >= 0.6 is 0 Å². The fraction of sp³-hybridized carbons (Fsp3) is 0.259. The Kier molecular flexibility index (Phi) is 6.26. The quantitative estimate of drug-likeness (QED) is 0.371. The normalized spacial score (nSPS) is 11.3. The fourth-order valence-electron chi connectivity index (χ4n) is 3.86. The van der Waals surface area contributed by atoms with Gasteiger partial charge in [-0.25, -0.2) is 4.98 Å². The van der Waals surface area contributed by atoms with Crippen molar-refractivity contribution in [3.63, 3.8) is 0 Å². The predicted octanol–water partition coefficient (Wildman–Crippen LogP) is 6.41. The van der Waals surface area contributed by atoms with Gasteiger partial charge in [-0.2, -0.15) is 0 Å². The summed E-state index contributed by atoms with van der Waals surface area (Å²) in [6, 6.07) is 19.4. The molecule has 0 spiro atoms. The Labute approximate surface area is 189 Å². The summed E-state index contributed by atoms with van der Waals surface area (Å²) in [5.41, 5.74) is 5.34. The molecule has 0 saturated carbocycles. The van der Waals surface area contributed by atoms with E-state index >= 15 is 0 Å². The zero-order valence-electron chi connectivity index (χ0n) is 19.0. The third kappa shape index (κ3) is 4.52. The summed E-state index contributed by atoms with van der Waals surface area (Å²) in [6.07, 6.45) is 3.89. The smallest absolute Gasteiger partial charge is 0.259 e. The number of imidazole rings is 1. The number of anilines is 1. The molecule has 5 nitrogen and oxygen atoms in total. The van der Waals surface area contributed by atoms with Crippen LogP contribution in [0.4, 0.5) is 5.69 Å². The number of hydrogen-bond acceptors (Lipinski definition) is 3. The second-order valence-corrected chi connectivity index (χ2v) is 8.56. The number of aromatic nitrogens is 2. The van der Waals surface area contributed by atoms with Crippen LogP contribution in [-0.4, -0.2) is 15.3 Å². The zero-order valence-corrected chi connectivity index (χ0v) is 19.0. The Hall–Kier alpha value is -3.60. The summed E-state index contributed by atoms with van der Waals surface area (Å²) in [4.78, 5) is 17.9. The molecule has 2 aromatic heterocycles. The average molecular weight is 428 g/mol. The molecule has 4 rings (SSSR count). The molecular weight excluding hydrogens is 398 g/mol. The summed E-state index contributed by atoms with van der Waals surface area (Å²) in [5.74, 6) is 0.955. The maximum absolute atomic E-state index is 13.3. The van der Waals surface area contributed by atoms with Gasteiger partial charge in [-0.3, -0.25) is 4.79 Å². The molecule has 32 heavy (non-hydrogen) atoms. The molecule has 0 unspecified atom stereocenters. The first kappa shape index (κ1) is 21.6. The minimum Gasteiger partial charge on any atom is -0.486 e. The van der Waals surface area contributed by atoms with Gasteiger partial charge < -0.3 is 14.5 Å². The van der Waals surface area contributed by atoms with Gasteiger partial charge in [-0.1, -0.05) is 64.1 Å². The Balaban J connectivity index is 1.58. The number of amides is 1. The van der Waals surface area contributed by atoms with E-state index in [1.807, 2.05) is 53.2 Å². The highest BCUT2D eigenvalue weighted by molar-refractivity contribution is 6.07. The lowest BCUT2D eigenvalue weighted by atomic mass is 9.92. The van der Waals surface area contributed by atoms with E-state index in [2.05, 4.69) is 56.2 Å². The van der Waals surface area contributed by atoms with Crippen molar-refractivity contribution in [3.8, 4) is 5.75 Å². The second kappa shape index (κ2) is 9.27. The molecule has 0 atom stereocenters. The molecule has 0 fully saturated rings. The van der Waals surface area contributed by atoms with Gasteiger partial charge in [0, 0.05) is 18.1 Å². The highest BCUT2D eigenvalue weighted by Gasteiger charge is 2.19. The molecule has 2 heterocycles. The number of benzene rings is 2. The van der Waals surface area contributed by atoms with Gasteiger partial charge >= 0.3 is 0 Å².